The highest BCUT2D eigenvalue weighted by atomic mass is 35.5. The predicted molar refractivity (Wildman–Crippen MR) is 95.5 cm³/mol. The molecule has 1 aliphatic rings. The third-order valence-electron chi connectivity index (χ3n) is 3.96. The molecular formula is C18H18ClN3O2. The molecule has 0 spiro atoms. The lowest BCUT2D eigenvalue weighted by atomic mass is 10.2. The molecule has 0 bridgehead atoms. The monoisotopic (exact) mass is 343 g/mol. The van der Waals surface area contributed by atoms with Gasteiger partial charge in [0.05, 0.1) is 0 Å². The number of amides is 3. The Balaban J connectivity index is 1.60. The number of carbonyl (C=O) groups is 2. The van der Waals surface area contributed by atoms with Gasteiger partial charge in [0.25, 0.3) is 0 Å². The Bertz CT molecular complexity index is 744. The van der Waals surface area contributed by atoms with Gasteiger partial charge in [-0.2, -0.15) is 0 Å². The number of halogens is 1. The second-order valence-corrected chi connectivity index (χ2v) is 6.21. The molecule has 124 valence electrons. The van der Waals surface area contributed by atoms with Gasteiger partial charge < -0.3 is 15.5 Å². The molecule has 1 aliphatic heterocycles. The molecule has 1 atom stereocenters. The van der Waals surface area contributed by atoms with E-state index in [-0.39, 0.29) is 5.91 Å². The number of carbonyl (C=O) groups excluding carboxylic acids is 2. The summed E-state index contributed by atoms with van der Waals surface area (Å²) >= 11 is 5.81. The summed E-state index contributed by atoms with van der Waals surface area (Å²) in [4.78, 5) is 26.3. The number of nitrogens with one attached hydrogen (secondary N) is 2. The fourth-order valence-corrected chi connectivity index (χ4v) is 2.78. The fraction of sp³-hybridized carbons (Fsp3) is 0.222. The summed E-state index contributed by atoms with van der Waals surface area (Å²) in [7, 11) is 0. The highest BCUT2D eigenvalue weighted by Gasteiger charge is 2.33. The molecule has 24 heavy (non-hydrogen) atoms. The van der Waals surface area contributed by atoms with Gasteiger partial charge >= 0.3 is 6.03 Å². The van der Waals surface area contributed by atoms with Crippen molar-refractivity contribution in [2.24, 2.45) is 0 Å². The van der Waals surface area contributed by atoms with Crippen LogP contribution >= 0.6 is 11.6 Å². The van der Waals surface area contributed by atoms with Crippen molar-refractivity contribution in [1.82, 2.24) is 5.32 Å². The van der Waals surface area contributed by atoms with Crippen molar-refractivity contribution in [3.63, 3.8) is 0 Å². The van der Waals surface area contributed by atoms with Crippen LogP contribution in [-0.2, 0) is 4.79 Å². The molecule has 3 rings (SSSR count). The third-order valence-corrected chi connectivity index (χ3v) is 4.21. The van der Waals surface area contributed by atoms with Crippen LogP contribution < -0.4 is 15.5 Å². The van der Waals surface area contributed by atoms with E-state index >= 15 is 0 Å². The summed E-state index contributed by atoms with van der Waals surface area (Å²) in [5.41, 5.74) is 2.62. The van der Waals surface area contributed by atoms with E-state index in [1.54, 1.807) is 29.2 Å². The first-order valence-corrected chi connectivity index (χ1v) is 8.12. The van der Waals surface area contributed by atoms with Gasteiger partial charge in [0.1, 0.15) is 6.04 Å². The van der Waals surface area contributed by atoms with Crippen LogP contribution in [0.4, 0.5) is 16.2 Å². The minimum Gasteiger partial charge on any atom is -0.326 e. The molecule has 3 amide bonds. The molecule has 2 aromatic carbocycles. The van der Waals surface area contributed by atoms with Crippen LogP contribution in [0.2, 0.25) is 5.02 Å². The summed E-state index contributed by atoms with van der Waals surface area (Å²) in [5, 5.41) is 6.03. The van der Waals surface area contributed by atoms with E-state index in [2.05, 4.69) is 10.6 Å². The number of urea groups is 1. The van der Waals surface area contributed by atoms with E-state index in [4.69, 9.17) is 11.6 Å². The molecule has 6 heteroatoms. The van der Waals surface area contributed by atoms with Crippen molar-refractivity contribution in [3.05, 3.63) is 59.1 Å². The Morgan fingerprint density at radius 3 is 2.46 bits per heavy atom. The number of anilines is 2. The maximum atomic E-state index is 12.5. The molecule has 0 saturated carbocycles. The molecule has 2 aromatic rings. The summed E-state index contributed by atoms with van der Waals surface area (Å²) in [5.74, 6) is -0.0925. The number of hydrogen-bond donors (Lipinski definition) is 2. The number of rotatable bonds is 3. The van der Waals surface area contributed by atoms with Crippen LogP contribution in [0, 0.1) is 6.92 Å². The minimum atomic E-state index is -0.515. The van der Waals surface area contributed by atoms with Gasteiger partial charge in [-0.15, -0.1) is 0 Å². The maximum Gasteiger partial charge on any atom is 0.319 e. The molecule has 0 radical (unpaired) electrons. The van der Waals surface area contributed by atoms with Crippen LogP contribution in [0.1, 0.15) is 12.0 Å². The summed E-state index contributed by atoms with van der Waals surface area (Å²) in [6.45, 7) is 2.59. The van der Waals surface area contributed by atoms with Gasteiger partial charge in [-0.3, -0.25) is 4.79 Å². The first-order chi connectivity index (χ1) is 11.5. The Morgan fingerprint density at radius 2 is 1.79 bits per heavy atom. The van der Waals surface area contributed by atoms with E-state index in [1.165, 1.54) is 0 Å². The van der Waals surface area contributed by atoms with Crippen molar-refractivity contribution in [1.29, 1.82) is 0 Å². The van der Waals surface area contributed by atoms with E-state index < -0.39 is 12.1 Å². The summed E-state index contributed by atoms with van der Waals surface area (Å²) in [6, 6.07) is 13.7. The molecule has 0 aromatic heterocycles. The van der Waals surface area contributed by atoms with Gasteiger partial charge in [0, 0.05) is 22.9 Å². The Morgan fingerprint density at radius 1 is 1.12 bits per heavy atom. The lowest BCUT2D eigenvalue weighted by Crippen LogP contribution is -2.43. The standard InChI is InChI=1S/C18H18ClN3O2/c1-12-2-8-15(9-3-12)22-11-10-16(17(22)23)21-18(24)20-14-6-4-13(19)5-7-14/h2-9,16H,10-11H2,1H3,(H2,20,21,24)/t16-/m1/s1. The average molecular weight is 344 g/mol. The number of aryl methyl sites for hydroxylation is 1. The first kappa shape index (κ1) is 16.3. The van der Waals surface area contributed by atoms with E-state index in [0.717, 1.165) is 11.3 Å². The van der Waals surface area contributed by atoms with Crippen molar-refractivity contribution >= 4 is 34.9 Å². The lowest BCUT2D eigenvalue weighted by molar-refractivity contribution is -0.118. The first-order valence-electron chi connectivity index (χ1n) is 7.74. The SMILES string of the molecule is Cc1ccc(N2CC[C@@H](NC(=O)Nc3ccc(Cl)cc3)C2=O)cc1. The summed E-state index contributed by atoms with van der Waals surface area (Å²) in [6.07, 6.45) is 0.584. The second kappa shape index (κ2) is 6.93. The average Bonchev–Trinajstić information content (AvgIpc) is 2.91. The van der Waals surface area contributed by atoms with Gasteiger partial charge in [-0.1, -0.05) is 29.3 Å². The zero-order chi connectivity index (χ0) is 17.1. The second-order valence-electron chi connectivity index (χ2n) is 5.77. The minimum absolute atomic E-state index is 0.0925. The molecule has 0 aliphatic carbocycles. The van der Waals surface area contributed by atoms with E-state index in [1.807, 2.05) is 31.2 Å². The van der Waals surface area contributed by atoms with Crippen LogP contribution in [0.3, 0.4) is 0 Å². The molecule has 2 N–H and O–H groups in total. The number of nitrogens with zero attached hydrogens (tertiary/aromatic N) is 1. The van der Waals surface area contributed by atoms with Crippen molar-refractivity contribution < 1.29 is 9.59 Å². The normalized spacial score (nSPS) is 17.0. The quantitative estimate of drug-likeness (QED) is 0.894. The number of benzene rings is 2. The third kappa shape index (κ3) is 3.68. The van der Waals surface area contributed by atoms with Crippen molar-refractivity contribution in [3.8, 4) is 0 Å². The summed E-state index contributed by atoms with van der Waals surface area (Å²) < 4.78 is 0. The van der Waals surface area contributed by atoms with E-state index in [0.29, 0.717) is 23.7 Å². The van der Waals surface area contributed by atoms with Gasteiger partial charge in [-0.05, 0) is 49.7 Å². The van der Waals surface area contributed by atoms with Crippen LogP contribution in [0.5, 0.6) is 0 Å². The number of hydrogen-bond acceptors (Lipinski definition) is 2. The maximum absolute atomic E-state index is 12.5. The largest absolute Gasteiger partial charge is 0.326 e. The van der Waals surface area contributed by atoms with Crippen molar-refractivity contribution in [2.75, 3.05) is 16.8 Å². The van der Waals surface area contributed by atoms with Crippen LogP contribution in [0.15, 0.2) is 48.5 Å². The Labute approximate surface area is 145 Å². The topological polar surface area (TPSA) is 61.4 Å². The van der Waals surface area contributed by atoms with E-state index in [9.17, 15) is 9.59 Å². The van der Waals surface area contributed by atoms with Crippen molar-refractivity contribution in [2.45, 2.75) is 19.4 Å². The fourth-order valence-electron chi connectivity index (χ4n) is 2.65. The van der Waals surface area contributed by atoms with Crippen LogP contribution in [-0.4, -0.2) is 24.5 Å². The highest BCUT2D eigenvalue weighted by molar-refractivity contribution is 6.30. The Hall–Kier alpha value is -2.53. The zero-order valence-electron chi connectivity index (χ0n) is 13.3. The zero-order valence-corrected chi connectivity index (χ0v) is 14.0. The molecular weight excluding hydrogens is 326 g/mol. The highest BCUT2D eigenvalue weighted by Crippen LogP contribution is 2.22. The van der Waals surface area contributed by atoms with Crippen LogP contribution in [0.25, 0.3) is 0 Å². The molecule has 1 saturated heterocycles. The molecule has 1 fully saturated rings. The lowest BCUT2D eigenvalue weighted by Gasteiger charge is -2.17. The molecule has 0 unspecified atom stereocenters. The van der Waals surface area contributed by atoms with Gasteiger partial charge in [0.2, 0.25) is 5.91 Å². The molecule has 5 nitrogen and oxygen atoms in total. The smallest absolute Gasteiger partial charge is 0.319 e. The molecule has 1 heterocycles. The van der Waals surface area contributed by atoms with Gasteiger partial charge in [-0.25, -0.2) is 4.79 Å². The Kier molecular flexibility index (Phi) is 4.71. The van der Waals surface area contributed by atoms with Gasteiger partial charge in [0.15, 0.2) is 0 Å². The predicted octanol–water partition coefficient (Wildman–Crippen LogP) is 3.58.